The quantitative estimate of drug-likeness (QED) is 0.861. The molecule has 1 aliphatic heterocycles. The Kier molecular flexibility index (Phi) is 4.09. The molecule has 1 fully saturated rings. The van der Waals surface area contributed by atoms with Gasteiger partial charge < -0.3 is 14.7 Å². The molecule has 1 saturated heterocycles. The van der Waals surface area contributed by atoms with E-state index in [2.05, 4.69) is 9.97 Å². The van der Waals surface area contributed by atoms with Crippen molar-refractivity contribution >= 4 is 11.9 Å². The minimum absolute atomic E-state index is 0.0360. The summed E-state index contributed by atoms with van der Waals surface area (Å²) in [5.74, 6) is -0.0689. The molecule has 1 N–H and O–H groups in total. The normalized spacial score (nSPS) is 19.8. The van der Waals surface area contributed by atoms with E-state index in [9.17, 15) is 4.79 Å². The van der Waals surface area contributed by atoms with E-state index in [1.54, 1.807) is 7.11 Å². The average Bonchev–Trinajstić information content (AvgIpc) is 2.39. The molecule has 0 saturated carbocycles. The van der Waals surface area contributed by atoms with Gasteiger partial charge in [-0.15, -0.1) is 0 Å². The molecule has 2 heterocycles. The SMILES string of the molecule is COCC1CCCN(c2nccc(C(=O)O)n2)C1. The van der Waals surface area contributed by atoms with Crippen molar-refractivity contribution in [3.63, 3.8) is 0 Å². The Bertz CT molecular complexity index is 423. The lowest BCUT2D eigenvalue weighted by Crippen LogP contribution is -2.38. The van der Waals surface area contributed by atoms with Crippen LogP contribution in [-0.4, -0.2) is 47.8 Å². The number of carboxylic acid groups (broad SMARTS) is 1. The van der Waals surface area contributed by atoms with Crippen LogP contribution in [0.3, 0.4) is 0 Å². The number of aromatic nitrogens is 2. The summed E-state index contributed by atoms with van der Waals surface area (Å²) in [5.41, 5.74) is 0.0360. The zero-order chi connectivity index (χ0) is 13.0. The van der Waals surface area contributed by atoms with Gasteiger partial charge in [0.2, 0.25) is 5.95 Å². The predicted molar refractivity (Wildman–Crippen MR) is 65.8 cm³/mol. The number of carbonyl (C=O) groups is 1. The number of nitrogens with zero attached hydrogens (tertiary/aromatic N) is 3. The van der Waals surface area contributed by atoms with Crippen LogP contribution >= 0.6 is 0 Å². The Labute approximate surface area is 106 Å². The standard InChI is InChI=1S/C12H17N3O3/c1-18-8-9-3-2-6-15(7-9)12-13-5-4-10(14-12)11(16)17/h4-5,9H,2-3,6-8H2,1H3,(H,16,17). The second-order valence-electron chi connectivity index (χ2n) is 4.46. The predicted octanol–water partition coefficient (Wildman–Crippen LogP) is 1.04. The van der Waals surface area contributed by atoms with Crippen molar-refractivity contribution in [2.45, 2.75) is 12.8 Å². The number of ether oxygens (including phenoxy) is 1. The molecule has 1 aromatic heterocycles. The molecular formula is C12H17N3O3. The third-order valence-electron chi connectivity index (χ3n) is 3.07. The monoisotopic (exact) mass is 251 g/mol. The Morgan fingerprint density at radius 3 is 3.22 bits per heavy atom. The van der Waals surface area contributed by atoms with Crippen molar-refractivity contribution in [1.29, 1.82) is 0 Å². The zero-order valence-electron chi connectivity index (χ0n) is 10.4. The van der Waals surface area contributed by atoms with Crippen LogP contribution in [0.5, 0.6) is 0 Å². The van der Waals surface area contributed by atoms with Crippen molar-refractivity contribution < 1.29 is 14.6 Å². The third kappa shape index (κ3) is 2.95. The molecule has 0 spiro atoms. The summed E-state index contributed by atoms with van der Waals surface area (Å²) in [6.07, 6.45) is 3.67. The lowest BCUT2D eigenvalue weighted by molar-refractivity contribution is 0.0690. The largest absolute Gasteiger partial charge is 0.477 e. The second kappa shape index (κ2) is 5.77. The molecule has 6 nitrogen and oxygen atoms in total. The summed E-state index contributed by atoms with van der Waals surface area (Å²) < 4.78 is 5.17. The maximum Gasteiger partial charge on any atom is 0.354 e. The van der Waals surface area contributed by atoms with E-state index < -0.39 is 5.97 Å². The van der Waals surface area contributed by atoms with Gasteiger partial charge in [-0.1, -0.05) is 0 Å². The molecule has 1 aliphatic rings. The molecule has 1 aromatic rings. The highest BCUT2D eigenvalue weighted by Gasteiger charge is 2.22. The van der Waals surface area contributed by atoms with E-state index in [1.165, 1.54) is 12.3 Å². The highest BCUT2D eigenvalue weighted by atomic mass is 16.5. The van der Waals surface area contributed by atoms with Gasteiger partial charge in [0.1, 0.15) is 0 Å². The van der Waals surface area contributed by atoms with Gasteiger partial charge in [0.05, 0.1) is 6.61 Å². The Hall–Kier alpha value is -1.69. The number of piperidine rings is 1. The first kappa shape index (κ1) is 12.8. The molecule has 1 atom stereocenters. The maximum atomic E-state index is 10.9. The third-order valence-corrected chi connectivity index (χ3v) is 3.07. The summed E-state index contributed by atoms with van der Waals surface area (Å²) in [4.78, 5) is 21.1. The van der Waals surface area contributed by atoms with Crippen LogP contribution in [0.2, 0.25) is 0 Å². The Morgan fingerprint density at radius 2 is 2.50 bits per heavy atom. The van der Waals surface area contributed by atoms with E-state index in [1.807, 2.05) is 4.90 Å². The van der Waals surface area contributed by atoms with E-state index in [0.717, 1.165) is 32.5 Å². The number of methoxy groups -OCH3 is 1. The molecular weight excluding hydrogens is 234 g/mol. The van der Waals surface area contributed by atoms with Crippen LogP contribution in [0.25, 0.3) is 0 Å². The number of aromatic carboxylic acids is 1. The minimum Gasteiger partial charge on any atom is -0.477 e. The summed E-state index contributed by atoms with van der Waals surface area (Å²) >= 11 is 0. The van der Waals surface area contributed by atoms with Gasteiger partial charge in [0.25, 0.3) is 0 Å². The van der Waals surface area contributed by atoms with Gasteiger partial charge in [0.15, 0.2) is 5.69 Å². The number of carboxylic acids is 1. The molecule has 0 aromatic carbocycles. The zero-order valence-corrected chi connectivity index (χ0v) is 10.4. The van der Waals surface area contributed by atoms with E-state index in [4.69, 9.17) is 9.84 Å². The van der Waals surface area contributed by atoms with Crippen LogP contribution in [0.4, 0.5) is 5.95 Å². The molecule has 6 heteroatoms. The van der Waals surface area contributed by atoms with Crippen molar-refractivity contribution in [3.05, 3.63) is 18.0 Å². The van der Waals surface area contributed by atoms with Crippen LogP contribution in [-0.2, 0) is 4.74 Å². The lowest BCUT2D eigenvalue weighted by atomic mass is 9.99. The minimum atomic E-state index is -1.02. The van der Waals surface area contributed by atoms with Crippen LogP contribution in [0.15, 0.2) is 12.3 Å². The second-order valence-corrected chi connectivity index (χ2v) is 4.46. The highest BCUT2D eigenvalue weighted by molar-refractivity contribution is 5.85. The topological polar surface area (TPSA) is 75.5 Å². The maximum absolute atomic E-state index is 10.9. The first-order chi connectivity index (χ1) is 8.70. The summed E-state index contributed by atoms with van der Waals surface area (Å²) in [5, 5.41) is 8.92. The van der Waals surface area contributed by atoms with Gasteiger partial charge in [-0.3, -0.25) is 0 Å². The summed E-state index contributed by atoms with van der Waals surface area (Å²) in [7, 11) is 1.69. The van der Waals surface area contributed by atoms with E-state index in [0.29, 0.717) is 11.9 Å². The molecule has 0 radical (unpaired) electrons. The van der Waals surface area contributed by atoms with Crippen molar-refractivity contribution in [2.24, 2.45) is 5.92 Å². The first-order valence-electron chi connectivity index (χ1n) is 6.01. The van der Waals surface area contributed by atoms with Gasteiger partial charge in [-0.2, -0.15) is 0 Å². The van der Waals surface area contributed by atoms with Gasteiger partial charge in [0, 0.05) is 26.4 Å². The number of rotatable bonds is 4. The Morgan fingerprint density at radius 1 is 1.67 bits per heavy atom. The summed E-state index contributed by atoms with van der Waals surface area (Å²) in [6.45, 7) is 2.40. The van der Waals surface area contributed by atoms with E-state index in [-0.39, 0.29) is 5.69 Å². The average molecular weight is 251 g/mol. The number of anilines is 1. The first-order valence-corrected chi connectivity index (χ1v) is 6.01. The number of hydrogen-bond donors (Lipinski definition) is 1. The molecule has 2 rings (SSSR count). The van der Waals surface area contributed by atoms with Crippen LogP contribution in [0.1, 0.15) is 23.3 Å². The summed E-state index contributed by atoms with van der Waals surface area (Å²) in [6, 6.07) is 1.41. The van der Waals surface area contributed by atoms with Crippen molar-refractivity contribution in [3.8, 4) is 0 Å². The molecule has 0 aliphatic carbocycles. The van der Waals surface area contributed by atoms with Crippen molar-refractivity contribution in [2.75, 3.05) is 31.7 Å². The number of hydrogen-bond acceptors (Lipinski definition) is 5. The fraction of sp³-hybridized carbons (Fsp3) is 0.583. The highest BCUT2D eigenvalue weighted by Crippen LogP contribution is 2.20. The van der Waals surface area contributed by atoms with Gasteiger partial charge >= 0.3 is 5.97 Å². The van der Waals surface area contributed by atoms with Gasteiger partial charge in [-0.25, -0.2) is 14.8 Å². The van der Waals surface area contributed by atoms with Gasteiger partial charge in [-0.05, 0) is 24.8 Å². The van der Waals surface area contributed by atoms with Crippen LogP contribution < -0.4 is 4.90 Å². The van der Waals surface area contributed by atoms with Crippen molar-refractivity contribution in [1.82, 2.24) is 9.97 Å². The molecule has 0 amide bonds. The molecule has 1 unspecified atom stereocenters. The smallest absolute Gasteiger partial charge is 0.354 e. The fourth-order valence-electron chi connectivity index (χ4n) is 2.24. The van der Waals surface area contributed by atoms with E-state index >= 15 is 0 Å². The lowest BCUT2D eigenvalue weighted by Gasteiger charge is -2.32. The molecule has 0 bridgehead atoms. The fourth-order valence-corrected chi connectivity index (χ4v) is 2.24. The van der Waals surface area contributed by atoms with Crippen LogP contribution in [0, 0.1) is 5.92 Å². The molecule has 18 heavy (non-hydrogen) atoms. The molecule has 98 valence electrons. The Balaban J connectivity index is 2.10.